The molecule has 1 aliphatic heterocycles. The topological polar surface area (TPSA) is 15.3 Å². The van der Waals surface area contributed by atoms with Crippen LogP contribution in [-0.4, -0.2) is 37.6 Å². The number of nitrogens with zero attached hydrogens (tertiary/aromatic N) is 1. The van der Waals surface area contributed by atoms with E-state index >= 15 is 0 Å². The van der Waals surface area contributed by atoms with Crippen molar-refractivity contribution in [2.75, 3.05) is 27.2 Å². The first-order chi connectivity index (χ1) is 5.53. The van der Waals surface area contributed by atoms with Crippen molar-refractivity contribution in [2.24, 2.45) is 5.92 Å². The molecule has 2 nitrogen and oxygen atoms in total. The summed E-state index contributed by atoms with van der Waals surface area (Å²) in [6.45, 7) is 7.13. The summed E-state index contributed by atoms with van der Waals surface area (Å²) in [5.41, 5.74) is 0.315. The first-order valence-corrected chi connectivity index (χ1v) is 4.91. The lowest BCUT2D eigenvalue weighted by Crippen LogP contribution is -2.38. The third-order valence-corrected chi connectivity index (χ3v) is 2.96. The van der Waals surface area contributed by atoms with E-state index in [1.165, 1.54) is 25.9 Å². The van der Waals surface area contributed by atoms with Gasteiger partial charge in [0.15, 0.2) is 0 Å². The van der Waals surface area contributed by atoms with Gasteiger partial charge in [0, 0.05) is 12.1 Å². The molecule has 12 heavy (non-hydrogen) atoms. The molecule has 1 atom stereocenters. The molecule has 2 heteroatoms. The van der Waals surface area contributed by atoms with Crippen molar-refractivity contribution in [2.45, 2.75) is 32.2 Å². The van der Waals surface area contributed by atoms with Crippen molar-refractivity contribution in [3.63, 3.8) is 0 Å². The fourth-order valence-corrected chi connectivity index (χ4v) is 2.02. The van der Waals surface area contributed by atoms with E-state index in [9.17, 15) is 0 Å². The van der Waals surface area contributed by atoms with Crippen molar-refractivity contribution in [1.82, 2.24) is 10.2 Å². The fraction of sp³-hybridized carbons (Fsp3) is 1.00. The van der Waals surface area contributed by atoms with Crippen LogP contribution >= 0.6 is 0 Å². The molecule has 0 aromatic carbocycles. The number of hydrogen-bond acceptors (Lipinski definition) is 2. The quantitative estimate of drug-likeness (QED) is 0.687. The van der Waals surface area contributed by atoms with Crippen LogP contribution in [0.5, 0.6) is 0 Å². The average molecular weight is 170 g/mol. The summed E-state index contributed by atoms with van der Waals surface area (Å²) in [7, 11) is 4.27. The summed E-state index contributed by atoms with van der Waals surface area (Å²) in [5.74, 6) is 0.900. The van der Waals surface area contributed by atoms with Crippen molar-refractivity contribution >= 4 is 0 Å². The van der Waals surface area contributed by atoms with E-state index in [-0.39, 0.29) is 0 Å². The minimum atomic E-state index is 0.315. The van der Waals surface area contributed by atoms with Gasteiger partial charge < -0.3 is 10.2 Å². The molecule has 1 saturated heterocycles. The third-order valence-electron chi connectivity index (χ3n) is 2.96. The first-order valence-electron chi connectivity index (χ1n) is 4.91. The van der Waals surface area contributed by atoms with Crippen molar-refractivity contribution in [3.8, 4) is 0 Å². The van der Waals surface area contributed by atoms with Crippen LogP contribution in [0.15, 0.2) is 0 Å². The summed E-state index contributed by atoms with van der Waals surface area (Å²) < 4.78 is 0. The smallest absolute Gasteiger partial charge is 0.0125 e. The van der Waals surface area contributed by atoms with Crippen LogP contribution in [0.4, 0.5) is 0 Å². The molecule has 1 fully saturated rings. The van der Waals surface area contributed by atoms with E-state index in [4.69, 9.17) is 0 Å². The SMILES string of the molecule is CNC(C)(C)CC1CCN(C)C1. The second kappa shape index (κ2) is 3.75. The standard InChI is InChI=1S/C10H22N2/c1-10(2,11-3)7-9-5-6-12(4)8-9/h9,11H,5-8H2,1-4H3. The summed E-state index contributed by atoms with van der Waals surface area (Å²) >= 11 is 0. The van der Waals surface area contributed by atoms with Gasteiger partial charge in [0.2, 0.25) is 0 Å². The van der Waals surface area contributed by atoms with Gasteiger partial charge in [0.25, 0.3) is 0 Å². The van der Waals surface area contributed by atoms with Crippen LogP contribution in [0.3, 0.4) is 0 Å². The van der Waals surface area contributed by atoms with E-state index < -0.39 is 0 Å². The van der Waals surface area contributed by atoms with E-state index in [1.54, 1.807) is 0 Å². The lowest BCUT2D eigenvalue weighted by Gasteiger charge is -2.27. The lowest BCUT2D eigenvalue weighted by atomic mass is 9.90. The van der Waals surface area contributed by atoms with Crippen LogP contribution in [0.25, 0.3) is 0 Å². The second-order valence-corrected chi connectivity index (χ2v) is 4.75. The van der Waals surface area contributed by atoms with Gasteiger partial charge in [-0.15, -0.1) is 0 Å². The van der Waals surface area contributed by atoms with Gasteiger partial charge in [0.05, 0.1) is 0 Å². The number of likely N-dealkylation sites (tertiary alicyclic amines) is 1. The highest BCUT2D eigenvalue weighted by Gasteiger charge is 2.26. The molecule has 1 rings (SSSR count). The molecule has 1 N–H and O–H groups in total. The van der Waals surface area contributed by atoms with E-state index in [2.05, 4.69) is 38.2 Å². The van der Waals surface area contributed by atoms with Gasteiger partial charge in [-0.2, -0.15) is 0 Å². The Labute approximate surface area is 76.3 Å². The zero-order valence-electron chi connectivity index (χ0n) is 8.85. The van der Waals surface area contributed by atoms with E-state index in [1.807, 2.05) is 0 Å². The molecule has 0 aromatic rings. The minimum absolute atomic E-state index is 0.315. The molecular weight excluding hydrogens is 148 g/mol. The fourth-order valence-electron chi connectivity index (χ4n) is 2.02. The molecule has 0 aromatic heterocycles. The molecule has 0 aliphatic carbocycles. The zero-order valence-corrected chi connectivity index (χ0v) is 8.85. The predicted molar refractivity (Wildman–Crippen MR) is 53.4 cm³/mol. The van der Waals surface area contributed by atoms with Crippen LogP contribution in [-0.2, 0) is 0 Å². The highest BCUT2D eigenvalue weighted by Crippen LogP contribution is 2.24. The van der Waals surface area contributed by atoms with Crippen molar-refractivity contribution in [1.29, 1.82) is 0 Å². The molecule has 0 bridgehead atoms. The normalized spacial score (nSPS) is 26.5. The Kier molecular flexibility index (Phi) is 3.13. The maximum Gasteiger partial charge on any atom is 0.0125 e. The summed E-state index contributed by atoms with van der Waals surface area (Å²) in [6, 6.07) is 0. The Morgan fingerprint density at radius 3 is 2.58 bits per heavy atom. The number of hydrogen-bond donors (Lipinski definition) is 1. The number of nitrogens with one attached hydrogen (secondary N) is 1. The highest BCUT2D eigenvalue weighted by molar-refractivity contribution is 4.83. The van der Waals surface area contributed by atoms with Crippen LogP contribution in [0.1, 0.15) is 26.7 Å². The molecule has 1 heterocycles. The molecule has 0 amide bonds. The van der Waals surface area contributed by atoms with Gasteiger partial charge in [-0.1, -0.05) is 0 Å². The Morgan fingerprint density at radius 2 is 2.17 bits per heavy atom. The van der Waals surface area contributed by atoms with Gasteiger partial charge in [-0.25, -0.2) is 0 Å². The molecule has 1 aliphatic rings. The van der Waals surface area contributed by atoms with Crippen LogP contribution in [0.2, 0.25) is 0 Å². The van der Waals surface area contributed by atoms with Gasteiger partial charge in [-0.3, -0.25) is 0 Å². The summed E-state index contributed by atoms with van der Waals surface area (Å²) in [5, 5.41) is 3.36. The monoisotopic (exact) mass is 170 g/mol. The zero-order chi connectivity index (χ0) is 9.19. The van der Waals surface area contributed by atoms with Gasteiger partial charge in [0.1, 0.15) is 0 Å². The minimum Gasteiger partial charge on any atom is -0.315 e. The van der Waals surface area contributed by atoms with E-state index in [0.29, 0.717) is 5.54 Å². The highest BCUT2D eigenvalue weighted by atomic mass is 15.1. The Balaban J connectivity index is 2.32. The van der Waals surface area contributed by atoms with Crippen molar-refractivity contribution < 1.29 is 0 Å². The molecule has 1 unspecified atom stereocenters. The summed E-state index contributed by atoms with van der Waals surface area (Å²) in [4.78, 5) is 2.43. The summed E-state index contributed by atoms with van der Waals surface area (Å²) in [6.07, 6.45) is 2.68. The predicted octanol–water partition coefficient (Wildman–Crippen LogP) is 1.33. The second-order valence-electron chi connectivity index (χ2n) is 4.75. The third kappa shape index (κ3) is 2.76. The van der Waals surface area contributed by atoms with E-state index in [0.717, 1.165) is 5.92 Å². The van der Waals surface area contributed by atoms with Crippen molar-refractivity contribution in [3.05, 3.63) is 0 Å². The number of rotatable bonds is 3. The molecule has 0 radical (unpaired) electrons. The Hall–Kier alpha value is -0.0800. The molecule has 72 valence electrons. The first kappa shape index (κ1) is 10.0. The average Bonchev–Trinajstić information content (AvgIpc) is 2.35. The Bertz CT molecular complexity index is 143. The maximum absolute atomic E-state index is 3.36. The van der Waals surface area contributed by atoms with Crippen LogP contribution < -0.4 is 5.32 Å². The molecule has 0 saturated carbocycles. The van der Waals surface area contributed by atoms with Crippen LogP contribution in [0, 0.1) is 5.92 Å². The Morgan fingerprint density at radius 1 is 1.50 bits per heavy atom. The largest absolute Gasteiger partial charge is 0.315 e. The van der Waals surface area contributed by atoms with Gasteiger partial charge >= 0.3 is 0 Å². The van der Waals surface area contributed by atoms with Gasteiger partial charge in [-0.05, 0) is 53.2 Å². The molecular formula is C10H22N2. The lowest BCUT2D eigenvalue weighted by molar-refractivity contribution is 0.307. The molecule has 0 spiro atoms. The maximum atomic E-state index is 3.36.